The van der Waals surface area contributed by atoms with Crippen LogP contribution in [0.4, 0.5) is 0 Å². The molecule has 2 atom stereocenters. The zero-order valence-corrected chi connectivity index (χ0v) is 20.0. The van der Waals surface area contributed by atoms with Crippen LogP contribution in [0.3, 0.4) is 0 Å². The summed E-state index contributed by atoms with van der Waals surface area (Å²) in [4.78, 5) is 4.49. The quantitative estimate of drug-likeness (QED) is 0.355. The van der Waals surface area contributed by atoms with Gasteiger partial charge in [-0.25, -0.2) is 8.93 Å². The topological polar surface area (TPSA) is 68.0 Å². The molecule has 31 heavy (non-hydrogen) atoms. The van der Waals surface area contributed by atoms with Crippen molar-refractivity contribution in [1.29, 1.82) is 0 Å². The van der Waals surface area contributed by atoms with Crippen LogP contribution in [0.2, 0.25) is 0 Å². The van der Waals surface area contributed by atoms with Crippen LogP contribution >= 0.6 is 15.9 Å². The van der Waals surface area contributed by atoms with Crippen LogP contribution in [-0.2, 0) is 17.4 Å². The second kappa shape index (κ2) is 9.02. The second-order valence-electron chi connectivity index (χ2n) is 8.31. The number of aromatic nitrogens is 2. The Morgan fingerprint density at radius 3 is 2.58 bits per heavy atom. The van der Waals surface area contributed by atoms with E-state index in [4.69, 9.17) is 4.52 Å². The van der Waals surface area contributed by atoms with E-state index in [-0.39, 0.29) is 6.04 Å². The maximum absolute atomic E-state index is 13.1. The Balaban J connectivity index is 1.85. The molecule has 4 rings (SSSR count). The van der Waals surface area contributed by atoms with E-state index in [1.54, 1.807) is 6.20 Å². The predicted molar refractivity (Wildman–Crippen MR) is 129 cm³/mol. The molecule has 0 aliphatic rings. The summed E-state index contributed by atoms with van der Waals surface area (Å²) >= 11 is 3.71. The first-order chi connectivity index (χ1) is 14.8. The zero-order valence-electron chi connectivity index (χ0n) is 17.6. The Morgan fingerprint density at radius 2 is 1.84 bits per heavy atom. The lowest BCUT2D eigenvalue weighted by atomic mass is 9.94. The Labute approximate surface area is 193 Å². The third kappa shape index (κ3) is 4.79. The van der Waals surface area contributed by atoms with Crippen molar-refractivity contribution in [3.05, 3.63) is 82.6 Å². The van der Waals surface area contributed by atoms with Gasteiger partial charge in [-0.1, -0.05) is 51.4 Å². The van der Waals surface area contributed by atoms with Gasteiger partial charge in [-0.05, 0) is 56.7 Å². The molecule has 160 valence electrons. The van der Waals surface area contributed by atoms with Gasteiger partial charge in [-0.3, -0.25) is 4.98 Å². The van der Waals surface area contributed by atoms with Crippen LogP contribution in [0.1, 0.15) is 38.1 Å². The highest BCUT2D eigenvalue weighted by Gasteiger charge is 2.27. The van der Waals surface area contributed by atoms with Gasteiger partial charge >= 0.3 is 0 Å². The summed E-state index contributed by atoms with van der Waals surface area (Å²) in [6, 6.07) is 19.4. The SMILES string of the molecule is CC(C)(C)[S@](=O)N[C@@H](Cc1ccccn1)c1cccc(Br)c1-c1noc2ccccc12. The van der Waals surface area contributed by atoms with Crippen molar-refractivity contribution in [1.82, 2.24) is 14.9 Å². The molecule has 1 N–H and O–H groups in total. The number of rotatable bonds is 6. The van der Waals surface area contributed by atoms with Crippen molar-refractivity contribution in [3.8, 4) is 11.3 Å². The highest BCUT2D eigenvalue weighted by molar-refractivity contribution is 9.10. The molecule has 0 radical (unpaired) electrons. The number of fused-ring (bicyclic) bond motifs is 1. The number of pyridine rings is 1. The van der Waals surface area contributed by atoms with E-state index < -0.39 is 15.7 Å². The summed E-state index contributed by atoms with van der Waals surface area (Å²) in [5, 5.41) is 5.31. The maximum Gasteiger partial charge on any atom is 0.167 e. The summed E-state index contributed by atoms with van der Waals surface area (Å²) in [5.74, 6) is 0. The molecular formula is C24H24BrN3O2S. The Bertz CT molecular complexity index is 1220. The maximum atomic E-state index is 13.1. The van der Waals surface area contributed by atoms with Crippen LogP contribution in [0.15, 0.2) is 75.9 Å². The number of nitrogens with zero attached hydrogens (tertiary/aromatic N) is 2. The summed E-state index contributed by atoms with van der Waals surface area (Å²) in [7, 11) is -1.27. The first-order valence-corrected chi connectivity index (χ1v) is 12.0. The van der Waals surface area contributed by atoms with Gasteiger partial charge in [0, 0.05) is 33.7 Å². The molecule has 2 aromatic heterocycles. The van der Waals surface area contributed by atoms with Gasteiger partial charge < -0.3 is 4.52 Å². The molecule has 0 saturated heterocycles. The van der Waals surface area contributed by atoms with Crippen LogP contribution in [-0.4, -0.2) is 19.1 Å². The van der Waals surface area contributed by atoms with Gasteiger partial charge in [-0.15, -0.1) is 0 Å². The van der Waals surface area contributed by atoms with Crippen LogP contribution in [0.25, 0.3) is 22.2 Å². The minimum Gasteiger partial charge on any atom is -0.356 e. The molecule has 0 unspecified atom stereocenters. The molecule has 0 fully saturated rings. The lowest BCUT2D eigenvalue weighted by Gasteiger charge is -2.26. The van der Waals surface area contributed by atoms with Gasteiger partial charge in [0.15, 0.2) is 5.58 Å². The predicted octanol–water partition coefficient (Wildman–Crippen LogP) is 5.99. The average Bonchev–Trinajstić information content (AvgIpc) is 3.17. The van der Waals surface area contributed by atoms with E-state index in [9.17, 15) is 4.21 Å². The summed E-state index contributed by atoms with van der Waals surface area (Å²) in [6.45, 7) is 5.88. The Hall–Kier alpha value is -2.35. The molecule has 2 heterocycles. The van der Waals surface area contributed by atoms with Crippen LogP contribution in [0.5, 0.6) is 0 Å². The molecule has 4 aromatic rings. The smallest absolute Gasteiger partial charge is 0.167 e. The highest BCUT2D eigenvalue weighted by Crippen LogP contribution is 2.39. The van der Waals surface area contributed by atoms with Crippen molar-refractivity contribution < 1.29 is 8.73 Å². The molecule has 5 nitrogen and oxygen atoms in total. The third-order valence-corrected chi connectivity index (χ3v) is 7.25. The number of nitrogens with one attached hydrogen (secondary N) is 1. The fraction of sp³-hybridized carbons (Fsp3) is 0.250. The summed E-state index contributed by atoms with van der Waals surface area (Å²) in [6.07, 6.45) is 2.36. The van der Waals surface area contributed by atoms with Gasteiger partial charge in [0.1, 0.15) is 5.69 Å². The molecule has 0 bridgehead atoms. The number of para-hydroxylation sites is 1. The fourth-order valence-electron chi connectivity index (χ4n) is 3.40. The van der Waals surface area contributed by atoms with E-state index >= 15 is 0 Å². The molecule has 0 saturated carbocycles. The van der Waals surface area contributed by atoms with Crippen molar-refractivity contribution in [2.75, 3.05) is 0 Å². The van der Waals surface area contributed by atoms with Crippen LogP contribution in [0, 0.1) is 0 Å². The minimum atomic E-state index is -1.27. The van der Waals surface area contributed by atoms with E-state index in [1.165, 1.54) is 0 Å². The number of hydrogen-bond acceptors (Lipinski definition) is 4. The van der Waals surface area contributed by atoms with Crippen molar-refractivity contribution >= 4 is 37.9 Å². The van der Waals surface area contributed by atoms with E-state index in [2.05, 4.69) is 30.8 Å². The van der Waals surface area contributed by atoms with Gasteiger partial charge in [0.05, 0.1) is 21.8 Å². The third-order valence-electron chi connectivity index (χ3n) is 4.98. The molecular weight excluding hydrogens is 474 g/mol. The van der Waals surface area contributed by atoms with Gasteiger partial charge in [0.2, 0.25) is 0 Å². The van der Waals surface area contributed by atoms with Gasteiger partial charge in [-0.2, -0.15) is 0 Å². The number of hydrogen-bond donors (Lipinski definition) is 1. The van der Waals surface area contributed by atoms with Crippen molar-refractivity contribution in [2.24, 2.45) is 0 Å². The first kappa shape index (κ1) is 21.9. The fourth-order valence-corrected chi connectivity index (χ4v) is 4.79. The molecule has 7 heteroatoms. The van der Waals surface area contributed by atoms with Crippen molar-refractivity contribution in [2.45, 2.75) is 38.0 Å². The first-order valence-electron chi connectivity index (χ1n) is 10.1. The summed E-state index contributed by atoms with van der Waals surface area (Å²) < 4.78 is 22.5. The Morgan fingerprint density at radius 1 is 1.06 bits per heavy atom. The number of benzene rings is 2. The van der Waals surface area contributed by atoms with E-state index in [1.807, 2.05) is 81.4 Å². The largest absolute Gasteiger partial charge is 0.356 e. The Kier molecular flexibility index (Phi) is 6.36. The lowest BCUT2D eigenvalue weighted by molar-refractivity contribution is 0.459. The monoisotopic (exact) mass is 497 g/mol. The lowest BCUT2D eigenvalue weighted by Crippen LogP contribution is -2.36. The van der Waals surface area contributed by atoms with E-state index in [0.29, 0.717) is 6.42 Å². The minimum absolute atomic E-state index is 0.238. The molecule has 0 amide bonds. The van der Waals surface area contributed by atoms with Crippen molar-refractivity contribution in [3.63, 3.8) is 0 Å². The normalized spacial score (nSPS) is 13.9. The van der Waals surface area contributed by atoms with Gasteiger partial charge in [0.25, 0.3) is 0 Å². The zero-order chi connectivity index (χ0) is 22.0. The number of halogens is 1. The van der Waals surface area contributed by atoms with E-state index in [0.717, 1.165) is 38.0 Å². The highest BCUT2D eigenvalue weighted by atomic mass is 79.9. The molecule has 2 aromatic carbocycles. The molecule has 0 aliphatic heterocycles. The summed E-state index contributed by atoms with van der Waals surface area (Å²) in [5.41, 5.74) is 4.31. The average molecular weight is 498 g/mol. The molecule has 0 spiro atoms. The second-order valence-corrected chi connectivity index (χ2v) is 11.2. The van der Waals surface area contributed by atoms with Crippen LogP contribution < -0.4 is 4.72 Å². The molecule has 0 aliphatic carbocycles. The standard InChI is InChI=1S/C24H24BrN3O2S/c1-24(2,3)31(29)28-20(15-16-9-6-7-14-26-16)17-11-8-12-19(25)22(17)23-18-10-4-5-13-21(18)30-27-23/h4-14,20,28H,15H2,1-3H3/t20-,31-/m0/s1.